The van der Waals surface area contributed by atoms with E-state index in [1.54, 1.807) is 38.1 Å². The number of anilines is 1. The molecule has 0 aliphatic carbocycles. The molecule has 0 bridgehead atoms. The summed E-state index contributed by atoms with van der Waals surface area (Å²) in [5, 5.41) is 17.7. The van der Waals surface area contributed by atoms with Crippen molar-refractivity contribution in [2.45, 2.75) is 13.8 Å². The maximum absolute atomic E-state index is 10.6. The molecule has 2 rings (SSSR count). The first-order chi connectivity index (χ1) is 8.40. The number of nitrogens with one attached hydrogen (secondary N) is 1. The number of hydrogen-bond donors (Lipinski definition) is 4. The Morgan fingerprint density at radius 3 is 2.11 bits per heavy atom. The molecule has 0 spiro atoms. The van der Waals surface area contributed by atoms with Crippen molar-refractivity contribution < 1.29 is 10.2 Å². The highest BCUT2D eigenvalue weighted by Gasteiger charge is 1.98. The molecular formula is C13H16N2O3. The van der Waals surface area contributed by atoms with E-state index in [1.807, 2.05) is 0 Å². The lowest BCUT2D eigenvalue weighted by atomic mass is 10.2. The topological polar surface area (TPSA) is 99.3 Å². The number of aromatic nitrogens is 1. The van der Waals surface area contributed by atoms with E-state index in [-0.39, 0.29) is 17.2 Å². The van der Waals surface area contributed by atoms with Crippen molar-refractivity contribution in [1.29, 1.82) is 0 Å². The van der Waals surface area contributed by atoms with Crippen LogP contribution < -0.4 is 11.3 Å². The Kier molecular flexibility index (Phi) is 4.37. The average molecular weight is 248 g/mol. The molecule has 0 aliphatic rings. The van der Waals surface area contributed by atoms with E-state index in [9.17, 15) is 4.79 Å². The van der Waals surface area contributed by atoms with E-state index in [4.69, 9.17) is 15.9 Å². The van der Waals surface area contributed by atoms with Gasteiger partial charge in [0.2, 0.25) is 0 Å². The van der Waals surface area contributed by atoms with Crippen molar-refractivity contribution >= 4 is 5.69 Å². The van der Waals surface area contributed by atoms with Crippen LogP contribution in [-0.2, 0) is 0 Å². The minimum atomic E-state index is -0.263. The highest BCUT2D eigenvalue weighted by molar-refractivity contribution is 5.40. The molecule has 2 aromatic rings. The van der Waals surface area contributed by atoms with E-state index in [2.05, 4.69) is 4.98 Å². The second kappa shape index (κ2) is 5.77. The second-order valence-corrected chi connectivity index (χ2v) is 3.88. The summed E-state index contributed by atoms with van der Waals surface area (Å²) in [5.41, 5.74) is 7.25. The molecule has 5 heteroatoms. The maximum Gasteiger partial charge on any atom is 0.250 e. The van der Waals surface area contributed by atoms with Gasteiger partial charge in [-0.2, -0.15) is 0 Å². The molecule has 96 valence electrons. The summed E-state index contributed by atoms with van der Waals surface area (Å²) < 4.78 is 0. The van der Waals surface area contributed by atoms with Crippen LogP contribution in [0.4, 0.5) is 5.69 Å². The number of rotatable bonds is 0. The molecule has 5 nitrogen and oxygen atoms in total. The van der Waals surface area contributed by atoms with Crippen molar-refractivity contribution in [3.63, 3.8) is 0 Å². The van der Waals surface area contributed by atoms with Gasteiger partial charge in [0.1, 0.15) is 5.75 Å². The quantitative estimate of drug-likeness (QED) is 0.421. The molecule has 1 heterocycles. The lowest BCUT2D eigenvalue weighted by Gasteiger charge is -1.99. The van der Waals surface area contributed by atoms with Gasteiger partial charge in [0.25, 0.3) is 5.56 Å². The number of hydrogen-bond acceptors (Lipinski definition) is 4. The highest BCUT2D eigenvalue weighted by atomic mass is 16.3. The Bertz CT molecular complexity index is 527. The number of phenolic OH excluding ortho intramolecular Hbond substituents is 1. The van der Waals surface area contributed by atoms with Crippen LogP contribution in [0.2, 0.25) is 0 Å². The van der Waals surface area contributed by atoms with Crippen LogP contribution in [0.25, 0.3) is 0 Å². The number of nitrogen functional groups attached to an aromatic ring is 1. The number of H-pyrrole nitrogens is 1. The summed E-state index contributed by atoms with van der Waals surface area (Å²) in [6.07, 6.45) is 0. The van der Waals surface area contributed by atoms with Crippen LogP contribution in [0.3, 0.4) is 0 Å². The first-order valence-corrected chi connectivity index (χ1v) is 5.34. The molecule has 1 aromatic carbocycles. The molecule has 18 heavy (non-hydrogen) atoms. The summed E-state index contributed by atoms with van der Waals surface area (Å²) in [6, 6.07) is 7.85. The summed E-state index contributed by atoms with van der Waals surface area (Å²) in [6.45, 7) is 3.53. The van der Waals surface area contributed by atoms with Gasteiger partial charge in [0, 0.05) is 17.3 Å². The molecule has 0 saturated carbocycles. The number of aryl methyl sites for hydroxylation is 1. The highest BCUT2D eigenvalue weighted by Crippen LogP contribution is 2.12. The van der Waals surface area contributed by atoms with Crippen LogP contribution in [0.5, 0.6) is 11.6 Å². The lowest BCUT2D eigenvalue weighted by molar-refractivity contribution is 0.446. The first kappa shape index (κ1) is 13.6. The van der Waals surface area contributed by atoms with Crippen molar-refractivity contribution in [2.24, 2.45) is 0 Å². The summed E-state index contributed by atoms with van der Waals surface area (Å²) in [7, 11) is 0. The number of phenols is 1. The Morgan fingerprint density at radius 1 is 1.11 bits per heavy atom. The molecule has 0 aliphatic heterocycles. The number of nitrogens with two attached hydrogens (primary N) is 1. The smallest absolute Gasteiger partial charge is 0.250 e. The number of pyridine rings is 1. The zero-order valence-corrected chi connectivity index (χ0v) is 10.3. The van der Waals surface area contributed by atoms with E-state index in [0.29, 0.717) is 5.69 Å². The van der Waals surface area contributed by atoms with Gasteiger partial charge in [-0.15, -0.1) is 0 Å². The Balaban J connectivity index is 0.000000184. The monoisotopic (exact) mass is 248 g/mol. The molecule has 0 unspecified atom stereocenters. The van der Waals surface area contributed by atoms with E-state index in [1.165, 1.54) is 6.07 Å². The molecule has 0 atom stereocenters. The predicted molar refractivity (Wildman–Crippen MR) is 70.7 cm³/mol. The normalized spacial score (nSPS) is 9.44. The molecular weight excluding hydrogens is 232 g/mol. The van der Waals surface area contributed by atoms with Gasteiger partial charge in [-0.05, 0) is 43.7 Å². The number of benzene rings is 1. The fourth-order valence-electron chi connectivity index (χ4n) is 1.21. The van der Waals surface area contributed by atoms with Crippen LogP contribution >= 0.6 is 0 Å². The molecule has 0 radical (unpaired) electrons. The molecule has 0 fully saturated rings. The summed E-state index contributed by atoms with van der Waals surface area (Å²) >= 11 is 0. The number of aromatic amines is 1. The largest absolute Gasteiger partial charge is 0.508 e. The van der Waals surface area contributed by atoms with Gasteiger partial charge >= 0.3 is 0 Å². The zero-order valence-electron chi connectivity index (χ0n) is 10.3. The SMILES string of the molecule is Cc1cc(=O)[nH]c(O)c1C.Nc1ccc(O)cc1. The van der Waals surface area contributed by atoms with Gasteiger partial charge in [0.05, 0.1) is 0 Å². The van der Waals surface area contributed by atoms with Gasteiger partial charge in [-0.1, -0.05) is 0 Å². The maximum atomic E-state index is 10.6. The van der Waals surface area contributed by atoms with Gasteiger partial charge in [-0.3, -0.25) is 9.78 Å². The number of aromatic hydroxyl groups is 2. The third-order valence-corrected chi connectivity index (χ3v) is 2.43. The van der Waals surface area contributed by atoms with Crippen LogP contribution in [-0.4, -0.2) is 15.2 Å². The molecule has 0 saturated heterocycles. The molecule has 5 N–H and O–H groups in total. The average Bonchev–Trinajstić information content (AvgIpc) is 2.31. The van der Waals surface area contributed by atoms with E-state index < -0.39 is 0 Å². The van der Waals surface area contributed by atoms with Crippen LogP contribution in [0.15, 0.2) is 35.1 Å². The van der Waals surface area contributed by atoms with Crippen LogP contribution in [0, 0.1) is 13.8 Å². The predicted octanol–water partition coefficient (Wildman–Crippen LogP) is 1.67. The molecule has 0 amide bonds. The minimum Gasteiger partial charge on any atom is -0.508 e. The van der Waals surface area contributed by atoms with Gasteiger partial charge in [0.15, 0.2) is 5.88 Å². The third-order valence-electron chi connectivity index (χ3n) is 2.43. The van der Waals surface area contributed by atoms with E-state index in [0.717, 1.165) is 11.1 Å². The minimum absolute atomic E-state index is 0.0370. The fourth-order valence-corrected chi connectivity index (χ4v) is 1.21. The van der Waals surface area contributed by atoms with Crippen molar-refractivity contribution in [1.82, 2.24) is 4.98 Å². The van der Waals surface area contributed by atoms with Crippen LogP contribution in [0.1, 0.15) is 11.1 Å². The van der Waals surface area contributed by atoms with Crippen molar-refractivity contribution in [3.05, 3.63) is 51.8 Å². The van der Waals surface area contributed by atoms with Crippen molar-refractivity contribution in [2.75, 3.05) is 5.73 Å². The Morgan fingerprint density at radius 2 is 1.67 bits per heavy atom. The van der Waals surface area contributed by atoms with Gasteiger partial charge < -0.3 is 15.9 Å². The van der Waals surface area contributed by atoms with Gasteiger partial charge in [-0.25, -0.2) is 0 Å². The Labute approximate surface area is 105 Å². The standard InChI is InChI=1S/C7H9NO2.C6H7NO/c1-4-3-6(9)8-7(10)5(4)2;7-5-1-3-6(8)4-2-5/h3H,1-2H3,(H2,8,9,10);1-4,8H,7H2. The first-order valence-electron chi connectivity index (χ1n) is 5.34. The molecule has 1 aromatic heterocycles. The Hall–Kier alpha value is -2.43. The zero-order chi connectivity index (χ0) is 13.7. The van der Waals surface area contributed by atoms with Crippen molar-refractivity contribution in [3.8, 4) is 11.6 Å². The third kappa shape index (κ3) is 3.86. The van der Waals surface area contributed by atoms with E-state index >= 15 is 0 Å². The summed E-state index contributed by atoms with van der Waals surface area (Å²) in [5.74, 6) is 0.212. The second-order valence-electron chi connectivity index (χ2n) is 3.88. The summed E-state index contributed by atoms with van der Waals surface area (Å²) in [4.78, 5) is 12.9. The fraction of sp³-hybridized carbons (Fsp3) is 0.154. The lowest BCUT2D eigenvalue weighted by Crippen LogP contribution is -2.05.